The molecule has 8 nitrogen and oxygen atoms in total. The van der Waals surface area contributed by atoms with Crippen LogP contribution in [0.1, 0.15) is 49.2 Å². The highest BCUT2D eigenvalue weighted by atomic mass is 32.2. The maximum atomic E-state index is 13.4. The SMILES string of the molecule is CCOP(=O)(Cc1ccc(NC(=O)[C@H]2Cc3cc(OC)c(OC)cc3C(=O)[C@H](C(C)C)S2)cc1)OCC. The van der Waals surface area contributed by atoms with Crippen molar-refractivity contribution in [3.63, 3.8) is 0 Å². The van der Waals surface area contributed by atoms with Crippen LogP contribution < -0.4 is 14.8 Å². The Morgan fingerprint density at radius 2 is 1.65 bits per heavy atom. The third-order valence-electron chi connectivity index (χ3n) is 6.00. The van der Waals surface area contributed by atoms with Gasteiger partial charge in [-0.3, -0.25) is 14.2 Å². The van der Waals surface area contributed by atoms with Crippen molar-refractivity contribution in [2.24, 2.45) is 5.92 Å². The topological polar surface area (TPSA) is 100 Å². The molecule has 0 saturated carbocycles. The Balaban J connectivity index is 1.81. The average Bonchev–Trinajstić information content (AvgIpc) is 3.00. The largest absolute Gasteiger partial charge is 0.493 e. The van der Waals surface area contributed by atoms with Gasteiger partial charge in [0.1, 0.15) is 0 Å². The van der Waals surface area contributed by atoms with Crippen LogP contribution in [0.15, 0.2) is 36.4 Å². The molecule has 0 bridgehead atoms. The van der Waals surface area contributed by atoms with Gasteiger partial charge in [0.25, 0.3) is 0 Å². The smallest absolute Gasteiger partial charge is 0.335 e. The molecule has 37 heavy (non-hydrogen) atoms. The number of fused-ring (bicyclic) bond motifs is 1. The lowest BCUT2D eigenvalue weighted by atomic mass is 9.94. The number of hydrogen-bond acceptors (Lipinski definition) is 8. The van der Waals surface area contributed by atoms with E-state index in [0.29, 0.717) is 42.4 Å². The Bertz CT molecular complexity index is 1140. The summed E-state index contributed by atoms with van der Waals surface area (Å²) in [6, 6.07) is 10.6. The fraction of sp³-hybridized carbons (Fsp3) is 0.481. The van der Waals surface area contributed by atoms with Crippen LogP contribution in [-0.4, -0.2) is 49.6 Å². The monoisotopic (exact) mass is 549 g/mol. The van der Waals surface area contributed by atoms with Crippen LogP contribution in [0.25, 0.3) is 0 Å². The second-order valence-corrected chi connectivity index (χ2v) is 12.4. The van der Waals surface area contributed by atoms with Gasteiger partial charge < -0.3 is 23.8 Å². The molecule has 2 atom stereocenters. The van der Waals surface area contributed by atoms with Crippen molar-refractivity contribution in [1.82, 2.24) is 0 Å². The molecule has 1 aliphatic rings. The Labute approximate surface area is 223 Å². The van der Waals surface area contributed by atoms with Gasteiger partial charge >= 0.3 is 7.60 Å². The summed E-state index contributed by atoms with van der Waals surface area (Å²) < 4.78 is 34.4. The summed E-state index contributed by atoms with van der Waals surface area (Å²) in [6.45, 7) is 8.12. The number of rotatable bonds is 11. The molecule has 202 valence electrons. The summed E-state index contributed by atoms with van der Waals surface area (Å²) in [5, 5.41) is 2.13. The van der Waals surface area contributed by atoms with E-state index in [1.54, 1.807) is 57.4 Å². The van der Waals surface area contributed by atoms with Gasteiger partial charge in [-0.2, -0.15) is 0 Å². The minimum Gasteiger partial charge on any atom is -0.493 e. The molecule has 1 heterocycles. The number of thioether (sulfide) groups is 1. The second-order valence-electron chi connectivity index (χ2n) is 9.01. The van der Waals surface area contributed by atoms with E-state index < -0.39 is 12.8 Å². The molecular weight excluding hydrogens is 513 g/mol. The van der Waals surface area contributed by atoms with E-state index in [0.717, 1.165) is 11.1 Å². The maximum Gasteiger partial charge on any atom is 0.335 e. The van der Waals surface area contributed by atoms with E-state index in [1.165, 1.54) is 18.9 Å². The van der Waals surface area contributed by atoms with Gasteiger partial charge in [0.2, 0.25) is 5.91 Å². The second kappa shape index (κ2) is 13.0. The number of hydrogen-bond donors (Lipinski definition) is 1. The number of ether oxygens (including phenoxy) is 2. The first kappa shape index (κ1) is 29.2. The zero-order valence-corrected chi connectivity index (χ0v) is 23.9. The van der Waals surface area contributed by atoms with Crippen molar-refractivity contribution < 1.29 is 32.7 Å². The minimum atomic E-state index is -3.22. The first-order valence-corrected chi connectivity index (χ1v) is 15.0. The lowest BCUT2D eigenvalue weighted by Crippen LogP contribution is -2.30. The third kappa shape index (κ3) is 7.17. The first-order chi connectivity index (χ1) is 17.6. The van der Waals surface area contributed by atoms with E-state index in [1.807, 2.05) is 13.8 Å². The molecule has 2 aromatic carbocycles. The fourth-order valence-corrected chi connectivity index (χ4v) is 7.31. The van der Waals surface area contributed by atoms with Gasteiger partial charge in [-0.1, -0.05) is 26.0 Å². The quantitative estimate of drug-likeness (QED) is 0.342. The summed E-state index contributed by atoms with van der Waals surface area (Å²) >= 11 is 1.39. The number of amides is 1. The van der Waals surface area contributed by atoms with E-state index in [2.05, 4.69) is 5.32 Å². The Morgan fingerprint density at radius 3 is 2.19 bits per heavy atom. The van der Waals surface area contributed by atoms with Gasteiger partial charge in [0.15, 0.2) is 17.3 Å². The number of nitrogens with one attached hydrogen (secondary N) is 1. The normalized spacial score (nSPS) is 17.8. The van der Waals surface area contributed by atoms with E-state index in [9.17, 15) is 14.2 Å². The molecule has 0 aliphatic carbocycles. The Hall–Kier alpha value is -2.32. The van der Waals surface area contributed by atoms with Crippen molar-refractivity contribution in [2.75, 3.05) is 32.8 Å². The number of methoxy groups -OCH3 is 2. The fourth-order valence-electron chi connectivity index (χ4n) is 4.24. The van der Waals surface area contributed by atoms with Crippen molar-refractivity contribution >= 4 is 36.7 Å². The predicted octanol–water partition coefficient (Wildman–Crippen LogP) is 5.97. The number of anilines is 1. The minimum absolute atomic E-state index is 0.0105. The molecule has 3 rings (SSSR count). The van der Waals surface area contributed by atoms with Gasteiger partial charge in [-0.25, -0.2) is 0 Å². The van der Waals surface area contributed by atoms with Crippen LogP contribution in [-0.2, 0) is 31.0 Å². The lowest BCUT2D eigenvalue weighted by Gasteiger charge is -2.21. The highest BCUT2D eigenvalue weighted by molar-refractivity contribution is 8.02. The lowest BCUT2D eigenvalue weighted by molar-refractivity contribution is -0.115. The first-order valence-electron chi connectivity index (χ1n) is 12.4. The average molecular weight is 550 g/mol. The summed E-state index contributed by atoms with van der Waals surface area (Å²) in [6.07, 6.45) is 0.534. The maximum absolute atomic E-state index is 13.4. The van der Waals surface area contributed by atoms with E-state index in [4.69, 9.17) is 18.5 Å². The predicted molar refractivity (Wildman–Crippen MR) is 147 cm³/mol. The van der Waals surface area contributed by atoms with Crippen LogP contribution in [0.4, 0.5) is 5.69 Å². The standard InChI is InChI=1S/C27H36NO7PS/c1-7-34-36(31,35-8-2)16-18-9-11-20(12-10-18)28-27(30)24-14-19-13-22(32-5)23(33-6)15-21(19)25(29)26(37-24)17(3)4/h9-13,15,17,24,26H,7-8,14,16H2,1-6H3,(H,28,30)/t24-,26+/m1/s1. The zero-order valence-electron chi connectivity index (χ0n) is 22.2. The summed E-state index contributed by atoms with van der Waals surface area (Å²) in [5.74, 6) is 0.853. The van der Waals surface area contributed by atoms with E-state index >= 15 is 0 Å². The Kier molecular flexibility index (Phi) is 10.2. The molecule has 0 spiro atoms. The van der Waals surface area contributed by atoms with Gasteiger partial charge in [0.05, 0.1) is 44.1 Å². The Morgan fingerprint density at radius 1 is 1.05 bits per heavy atom. The molecule has 0 radical (unpaired) electrons. The summed E-state index contributed by atoms with van der Waals surface area (Å²) in [7, 11) is -0.137. The molecule has 0 aromatic heterocycles. The number of Topliss-reactive ketones (excluding diaryl/α,β-unsaturated/α-hetero) is 1. The van der Waals surface area contributed by atoms with Crippen molar-refractivity contribution in [1.29, 1.82) is 0 Å². The molecular formula is C27H36NO7PS. The van der Waals surface area contributed by atoms with E-state index in [-0.39, 0.29) is 29.0 Å². The molecule has 1 aliphatic heterocycles. The van der Waals surface area contributed by atoms with Gasteiger partial charge in [-0.15, -0.1) is 11.8 Å². The van der Waals surface area contributed by atoms with Gasteiger partial charge in [-0.05, 0) is 61.6 Å². The van der Waals surface area contributed by atoms with Crippen molar-refractivity contribution in [3.8, 4) is 11.5 Å². The van der Waals surface area contributed by atoms with Crippen LogP contribution in [0, 0.1) is 5.92 Å². The molecule has 1 amide bonds. The molecule has 0 unspecified atom stereocenters. The summed E-state index contributed by atoms with van der Waals surface area (Å²) in [5.41, 5.74) is 2.72. The van der Waals surface area contributed by atoms with Crippen LogP contribution in [0.2, 0.25) is 0 Å². The number of carbonyl (C=O) groups excluding carboxylic acids is 2. The van der Waals surface area contributed by atoms with Crippen LogP contribution in [0.5, 0.6) is 11.5 Å². The molecule has 2 aromatic rings. The van der Waals surface area contributed by atoms with Crippen LogP contribution >= 0.6 is 19.4 Å². The number of carbonyl (C=O) groups is 2. The summed E-state index contributed by atoms with van der Waals surface area (Å²) in [4.78, 5) is 26.8. The van der Waals surface area contributed by atoms with Gasteiger partial charge in [0, 0.05) is 11.3 Å². The molecule has 0 fully saturated rings. The molecule has 1 N–H and O–H groups in total. The number of ketones is 1. The molecule has 0 saturated heterocycles. The third-order valence-corrected chi connectivity index (χ3v) is 9.81. The highest BCUT2D eigenvalue weighted by Crippen LogP contribution is 2.51. The number of benzene rings is 2. The molecule has 10 heteroatoms. The zero-order chi connectivity index (χ0) is 27.2. The highest BCUT2D eigenvalue weighted by Gasteiger charge is 2.36. The van der Waals surface area contributed by atoms with Crippen LogP contribution in [0.3, 0.4) is 0 Å². The van der Waals surface area contributed by atoms with Crippen molar-refractivity contribution in [2.45, 2.75) is 50.8 Å². The van der Waals surface area contributed by atoms with Crippen molar-refractivity contribution in [3.05, 3.63) is 53.1 Å².